The molecule has 0 fully saturated rings. The van der Waals surface area contributed by atoms with Crippen molar-refractivity contribution < 1.29 is 10.1 Å². The first-order valence-electron chi connectivity index (χ1n) is 3.01. The van der Waals surface area contributed by atoms with Gasteiger partial charge in [-0.05, 0) is 12.1 Å². The van der Waals surface area contributed by atoms with Gasteiger partial charge in [0.25, 0.3) is 0 Å². The van der Waals surface area contributed by atoms with Crippen molar-refractivity contribution in [1.29, 1.82) is 0 Å². The standard InChI is InChI=1S/C6H7N2O2.Al/c9-8-10-7-6-4-2-1-3-5-6;/h1-5,7,9H;/q-1;+1. The highest BCUT2D eigenvalue weighted by Gasteiger charge is 1.89. The minimum absolute atomic E-state index is 0.507. The Morgan fingerprint density at radius 2 is 2.00 bits per heavy atom. The van der Waals surface area contributed by atoms with E-state index in [4.69, 9.17) is 5.21 Å². The first-order chi connectivity index (χ1) is 5.29. The molecule has 1 rings (SSSR count). The van der Waals surface area contributed by atoms with Gasteiger partial charge in [-0.2, -0.15) is 9.15 Å². The van der Waals surface area contributed by atoms with Gasteiger partial charge in [-0.3, -0.25) is 0 Å². The Hall–Kier alpha value is -0.568. The van der Waals surface area contributed by atoms with E-state index in [1.54, 1.807) is 0 Å². The van der Waals surface area contributed by atoms with Crippen molar-refractivity contribution in [3.63, 3.8) is 0 Å². The molecule has 1 aromatic carbocycles. The third kappa shape index (κ3) is 3.37. The number of nitrogens with one attached hydrogen (secondary N) is 1. The molecule has 5 heteroatoms. The van der Waals surface area contributed by atoms with Gasteiger partial charge in [0.05, 0.1) is 5.69 Å². The number of rotatable bonds is 3. The molecule has 0 aromatic heterocycles. The summed E-state index contributed by atoms with van der Waals surface area (Å²) < 4.78 is 0.507. The summed E-state index contributed by atoms with van der Waals surface area (Å²) in [7, 11) is 0. The molecule has 0 heterocycles. The van der Waals surface area contributed by atoms with Crippen LogP contribution in [0.25, 0.3) is 0 Å². The summed E-state index contributed by atoms with van der Waals surface area (Å²) in [6, 6.07) is 9.23. The molecular formula is C6H7AlN2O2. The minimum atomic E-state index is 0.507. The lowest BCUT2D eigenvalue weighted by atomic mass is 10.3. The Morgan fingerprint density at radius 1 is 1.36 bits per heavy atom. The molecule has 0 saturated carbocycles. The van der Waals surface area contributed by atoms with Gasteiger partial charge in [0.15, 0.2) is 0 Å². The van der Waals surface area contributed by atoms with Crippen molar-refractivity contribution in [2.24, 2.45) is 0 Å². The van der Waals surface area contributed by atoms with Gasteiger partial charge >= 0.3 is 16.5 Å². The number of benzene rings is 1. The first kappa shape index (κ1) is 8.53. The maximum Gasteiger partial charge on any atom is 0.364 e. The summed E-state index contributed by atoms with van der Waals surface area (Å²) in [5.41, 5.74) is 3.27. The van der Waals surface area contributed by atoms with Crippen LogP contribution in [0.15, 0.2) is 30.3 Å². The number of anilines is 1. The summed E-state index contributed by atoms with van der Waals surface area (Å²) in [4.78, 5) is 4.53. The summed E-state index contributed by atoms with van der Waals surface area (Å²) in [6.45, 7) is 0. The van der Waals surface area contributed by atoms with Crippen molar-refractivity contribution in [2.75, 3.05) is 5.48 Å². The Morgan fingerprint density at radius 3 is 2.55 bits per heavy atom. The van der Waals surface area contributed by atoms with E-state index in [1.165, 1.54) is 0 Å². The van der Waals surface area contributed by atoms with Crippen molar-refractivity contribution in [1.82, 2.24) is 4.21 Å². The van der Waals surface area contributed by atoms with Crippen LogP contribution in [0.1, 0.15) is 0 Å². The lowest BCUT2D eigenvalue weighted by Gasteiger charge is -2.11. The van der Waals surface area contributed by atoms with Crippen molar-refractivity contribution in [2.45, 2.75) is 0 Å². The fourth-order valence-electron chi connectivity index (χ4n) is 0.606. The predicted molar refractivity (Wildman–Crippen MR) is 40.5 cm³/mol. The molecule has 0 aliphatic carbocycles. The van der Waals surface area contributed by atoms with E-state index in [9.17, 15) is 0 Å². The SMILES string of the molecule is O[N]([Al])ONc1ccccc1. The molecule has 2 radical (unpaired) electrons. The second-order valence-corrected chi connectivity index (χ2v) is 2.30. The molecule has 0 aliphatic heterocycles. The quantitative estimate of drug-likeness (QED) is 0.513. The van der Waals surface area contributed by atoms with Crippen LogP contribution in [0.5, 0.6) is 0 Å². The average molecular weight is 166 g/mol. The second kappa shape index (κ2) is 4.34. The normalized spacial score (nSPS) is 10.0. The van der Waals surface area contributed by atoms with Crippen LogP contribution in [-0.2, 0) is 4.94 Å². The van der Waals surface area contributed by atoms with Gasteiger partial charge in [-0.25, -0.2) is 5.48 Å². The molecule has 2 N–H and O–H groups in total. The molecule has 0 atom stereocenters. The molecule has 0 spiro atoms. The summed E-state index contributed by atoms with van der Waals surface area (Å²) in [6.07, 6.45) is 0. The number of hydrogen-bond donors (Lipinski definition) is 2. The molecular weight excluding hydrogens is 159 g/mol. The highest BCUT2D eigenvalue weighted by Crippen LogP contribution is 2.04. The smallest absolute Gasteiger partial charge is 0.314 e. The Kier molecular flexibility index (Phi) is 3.36. The van der Waals surface area contributed by atoms with E-state index in [0.717, 1.165) is 5.69 Å². The van der Waals surface area contributed by atoms with Crippen LogP contribution in [0.2, 0.25) is 0 Å². The van der Waals surface area contributed by atoms with Crippen molar-refractivity contribution in [3.05, 3.63) is 30.3 Å². The van der Waals surface area contributed by atoms with Crippen LogP contribution in [-0.4, -0.2) is 25.9 Å². The Bertz CT molecular complexity index is 205. The fraction of sp³-hybridized carbons (Fsp3) is 0. The van der Waals surface area contributed by atoms with E-state index in [-0.39, 0.29) is 0 Å². The highest BCUT2D eigenvalue weighted by atomic mass is 27.1. The van der Waals surface area contributed by atoms with Crippen LogP contribution < -0.4 is 5.48 Å². The maximum absolute atomic E-state index is 8.53. The monoisotopic (exact) mass is 166 g/mol. The second-order valence-electron chi connectivity index (χ2n) is 1.86. The van der Waals surface area contributed by atoms with Gasteiger partial charge in [0.2, 0.25) is 0 Å². The Labute approximate surface area is 72.9 Å². The topological polar surface area (TPSA) is 44.7 Å². The summed E-state index contributed by atoms with van der Waals surface area (Å²) >= 11 is 1.93. The van der Waals surface area contributed by atoms with Crippen LogP contribution >= 0.6 is 0 Å². The summed E-state index contributed by atoms with van der Waals surface area (Å²) in [5.74, 6) is 0. The molecule has 0 aliphatic rings. The number of para-hydroxylation sites is 1. The van der Waals surface area contributed by atoms with Gasteiger partial charge in [0.1, 0.15) is 0 Å². The van der Waals surface area contributed by atoms with E-state index < -0.39 is 0 Å². The zero-order valence-electron chi connectivity index (χ0n) is 5.77. The predicted octanol–water partition coefficient (Wildman–Crippen LogP) is 0.720. The van der Waals surface area contributed by atoms with E-state index in [0.29, 0.717) is 4.21 Å². The van der Waals surface area contributed by atoms with E-state index in [2.05, 4.69) is 10.4 Å². The molecule has 11 heavy (non-hydrogen) atoms. The molecule has 0 unspecified atom stereocenters. The largest absolute Gasteiger partial charge is 0.364 e. The zero-order valence-corrected chi connectivity index (χ0v) is 6.92. The zero-order chi connectivity index (χ0) is 8.10. The molecule has 1 aromatic rings. The third-order valence-corrected chi connectivity index (χ3v) is 1.14. The molecule has 0 saturated heterocycles. The third-order valence-electron chi connectivity index (χ3n) is 1.03. The highest BCUT2D eigenvalue weighted by molar-refractivity contribution is 6.02. The minimum Gasteiger partial charge on any atom is -0.314 e. The molecule has 4 nitrogen and oxygen atoms in total. The molecule has 56 valence electrons. The molecule has 0 bridgehead atoms. The first-order valence-corrected chi connectivity index (χ1v) is 3.52. The van der Waals surface area contributed by atoms with Crippen LogP contribution in [0.4, 0.5) is 5.69 Å². The fourth-order valence-corrected chi connectivity index (χ4v) is 0.658. The van der Waals surface area contributed by atoms with Gasteiger partial charge in [0, 0.05) is 0 Å². The molecule has 0 amide bonds. The van der Waals surface area contributed by atoms with Gasteiger partial charge in [-0.1, -0.05) is 18.2 Å². The van der Waals surface area contributed by atoms with Crippen LogP contribution in [0, 0.1) is 0 Å². The van der Waals surface area contributed by atoms with Gasteiger partial charge in [-0.15, -0.1) is 0 Å². The Balaban J connectivity index is 2.39. The number of hydrogen-bond acceptors (Lipinski definition) is 4. The number of nitrogens with zero attached hydrogens (tertiary/aromatic N) is 1. The van der Waals surface area contributed by atoms with Crippen molar-refractivity contribution >= 4 is 22.2 Å². The van der Waals surface area contributed by atoms with Crippen molar-refractivity contribution in [3.8, 4) is 0 Å². The van der Waals surface area contributed by atoms with E-state index >= 15 is 0 Å². The lowest BCUT2D eigenvalue weighted by Crippen LogP contribution is -2.19. The van der Waals surface area contributed by atoms with Crippen LogP contribution in [0.3, 0.4) is 0 Å². The average Bonchev–Trinajstić information content (AvgIpc) is 2.03. The summed E-state index contributed by atoms with van der Waals surface area (Å²) in [5, 5.41) is 8.53. The van der Waals surface area contributed by atoms with Gasteiger partial charge < -0.3 is 5.21 Å². The lowest BCUT2D eigenvalue weighted by molar-refractivity contribution is -0.252. The maximum atomic E-state index is 8.53. The van der Waals surface area contributed by atoms with E-state index in [1.807, 2.05) is 46.8 Å².